The smallest absolute Gasteiger partial charge is 0.254 e. The van der Waals surface area contributed by atoms with Gasteiger partial charge in [0, 0.05) is 11.5 Å². The number of aromatic hydroxyl groups is 1. The summed E-state index contributed by atoms with van der Waals surface area (Å²) in [7, 11) is 0. The summed E-state index contributed by atoms with van der Waals surface area (Å²) in [6.45, 7) is 7.51. The Bertz CT molecular complexity index is 1610. The van der Waals surface area contributed by atoms with Gasteiger partial charge >= 0.3 is 0 Å². The molecule has 1 N–H and O–H groups in total. The predicted molar refractivity (Wildman–Crippen MR) is 164 cm³/mol. The van der Waals surface area contributed by atoms with Crippen LogP contribution < -0.4 is 4.90 Å². The Hall–Kier alpha value is -3.20. The second-order valence-corrected chi connectivity index (χ2v) is 12.9. The van der Waals surface area contributed by atoms with Gasteiger partial charge in [0.05, 0.1) is 23.0 Å². The van der Waals surface area contributed by atoms with E-state index in [1.807, 2.05) is 6.08 Å². The molecule has 2 aliphatic heterocycles. The third-order valence-corrected chi connectivity index (χ3v) is 11.1. The Morgan fingerprint density at radius 2 is 1.71 bits per heavy atom. The van der Waals surface area contributed by atoms with Gasteiger partial charge in [0.15, 0.2) is 9.75 Å². The van der Waals surface area contributed by atoms with Gasteiger partial charge < -0.3 is 5.11 Å². The van der Waals surface area contributed by atoms with E-state index in [1.54, 1.807) is 54.6 Å². The molecule has 42 heavy (non-hydrogen) atoms. The number of halogens is 3. The number of anilines is 1. The van der Waals surface area contributed by atoms with Crippen molar-refractivity contribution in [2.75, 3.05) is 10.4 Å². The Balaban J connectivity index is 1.52. The monoisotopic (exact) mass is 668 g/mol. The molecular weight excluding hydrogens is 643 g/mol. The van der Waals surface area contributed by atoms with Crippen LogP contribution >= 0.6 is 39.1 Å². The van der Waals surface area contributed by atoms with Gasteiger partial charge in [-0.15, -0.1) is 29.8 Å². The fraction of sp³-hybridized carbons (Fsp3) is 0.312. The largest absolute Gasteiger partial charge is 0.507 e. The number of carbonyl (C=O) groups excluding carboxylic acids is 4. The molecule has 2 heterocycles. The lowest BCUT2D eigenvalue weighted by atomic mass is 9.56. The highest BCUT2D eigenvalue weighted by Crippen LogP contribution is 2.66. The van der Waals surface area contributed by atoms with E-state index in [4.69, 9.17) is 23.2 Å². The highest BCUT2D eigenvalue weighted by atomic mass is 79.9. The number of benzene rings is 2. The summed E-state index contributed by atoms with van der Waals surface area (Å²) >= 11 is 17.7. The molecule has 6 rings (SSSR count). The van der Waals surface area contributed by atoms with E-state index in [9.17, 15) is 24.3 Å². The number of imide groups is 2. The predicted octanol–water partition coefficient (Wildman–Crippen LogP) is 5.68. The highest BCUT2D eigenvalue weighted by molar-refractivity contribution is 9.09. The van der Waals surface area contributed by atoms with Crippen molar-refractivity contribution in [2.45, 2.75) is 34.9 Å². The van der Waals surface area contributed by atoms with E-state index < -0.39 is 51.1 Å². The minimum absolute atomic E-state index is 0.0829. The van der Waals surface area contributed by atoms with Gasteiger partial charge in [0.2, 0.25) is 11.8 Å². The maximum atomic E-state index is 14.1. The second-order valence-electron chi connectivity index (χ2n) is 11.1. The van der Waals surface area contributed by atoms with Crippen LogP contribution in [0.1, 0.15) is 35.4 Å². The number of rotatable bonds is 6. The number of nitrogens with zero attached hydrogens (tertiary/aromatic N) is 2. The number of carbonyl (C=O) groups is 4. The molecule has 2 aromatic carbocycles. The number of likely N-dealkylation sites (tertiary alicyclic amines) is 1. The molecule has 4 amide bonds. The summed E-state index contributed by atoms with van der Waals surface area (Å²) < 4.78 is 0. The molecule has 6 atom stereocenters. The van der Waals surface area contributed by atoms with Crippen molar-refractivity contribution in [3.05, 3.63) is 90.0 Å². The fourth-order valence-electron chi connectivity index (χ4n) is 7.28. The molecular formula is C32H27BrCl2N2O5. The zero-order valence-corrected chi connectivity index (χ0v) is 25.5. The molecule has 0 radical (unpaired) electrons. The van der Waals surface area contributed by atoms with Crippen molar-refractivity contribution in [2.24, 2.45) is 17.8 Å². The van der Waals surface area contributed by atoms with Crippen LogP contribution in [0.3, 0.4) is 0 Å². The molecule has 7 nitrogen and oxygen atoms in total. The number of amides is 4. The van der Waals surface area contributed by atoms with Crippen LogP contribution in [0.5, 0.6) is 5.75 Å². The van der Waals surface area contributed by atoms with E-state index in [1.165, 1.54) is 4.90 Å². The molecule has 4 aliphatic rings. The van der Waals surface area contributed by atoms with Crippen LogP contribution in [0.2, 0.25) is 0 Å². The van der Waals surface area contributed by atoms with Gasteiger partial charge in [-0.3, -0.25) is 29.0 Å². The van der Waals surface area contributed by atoms with Crippen LogP contribution in [0.15, 0.2) is 73.3 Å². The second kappa shape index (κ2) is 10.2. The van der Waals surface area contributed by atoms with Crippen LogP contribution in [0, 0.1) is 17.8 Å². The van der Waals surface area contributed by atoms with Gasteiger partial charge in [-0.05, 0) is 48.4 Å². The number of para-hydroxylation sites is 1. The molecule has 1 saturated carbocycles. The summed E-state index contributed by atoms with van der Waals surface area (Å²) in [5.74, 6) is -5.38. The maximum Gasteiger partial charge on any atom is 0.254 e. The molecule has 3 fully saturated rings. The van der Waals surface area contributed by atoms with Gasteiger partial charge in [-0.25, -0.2) is 0 Å². The molecule has 2 aliphatic carbocycles. The lowest BCUT2D eigenvalue weighted by Crippen LogP contribution is -2.60. The summed E-state index contributed by atoms with van der Waals surface area (Å²) in [5.41, 5.74) is 2.68. The molecule has 0 spiro atoms. The lowest BCUT2D eigenvalue weighted by molar-refractivity contribution is -0.138. The molecule has 0 aromatic heterocycles. The zero-order chi connectivity index (χ0) is 30.1. The van der Waals surface area contributed by atoms with Crippen molar-refractivity contribution in [1.29, 1.82) is 0 Å². The van der Waals surface area contributed by atoms with Gasteiger partial charge in [0.1, 0.15) is 5.75 Å². The third kappa shape index (κ3) is 3.71. The van der Waals surface area contributed by atoms with E-state index in [-0.39, 0.29) is 30.0 Å². The molecule has 2 aromatic rings. The molecule has 6 unspecified atom stereocenters. The Kier molecular flexibility index (Phi) is 7.03. The zero-order valence-electron chi connectivity index (χ0n) is 22.4. The standard InChI is InChI=1S/C32H27BrCl2N2O5/c1-3-6-18-7-5-8-22(26(18)38)25-20-13-14-21-24(28(40)37(27(21)39)19-11-9-17(4-2)10-12-19)23(20)15-31(34)29(41)36(16-33)30(42)32(25,31)35/h3-5,7-13,21,23-25,38H,1-2,6,14-16H2. The highest BCUT2D eigenvalue weighted by Gasteiger charge is 2.76. The summed E-state index contributed by atoms with van der Waals surface area (Å²) in [6.07, 6.45) is 5.63. The SMILES string of the molecule is C=CCc1cccc(C2C3=CCC4C(=O)N(c5ccc(C=C)cc5)C(=O)C4C3CC3(Cl)C(=O)N(CBr)C(=O)C23Cl)c1O. The number of hydrogen-bond acceptors (Lipinski definition) is 5. The Morgan fingerprint density at radius 1 is 1.00 bits per heavy atom. The normalized spacial score (nSPS) is 31.9. The summed E-state index contributed by atoms with van der Waals surface area (Å²) in [6, 6.07) is 12.1. The van der Waals surface area contributed by atoms with Crippen LogP contribution in [-0.4, -0.2) is 48.8 Å². The maximum absolute atomic E-state index is 14.1. The van der Waals surface area contributed by atoms with E-state index in [2.05, 4.69) is 29.1 Å². The first kappa shape index (κ1) is 28.9. The van der Waals surface area contributed by atoms with Crippen molar-refractivity contribution in [1.82, 2.24) is 4.90 Å². The summed E-state index contributed by atoms with van der Waals surface area (Å²) in [5, 5.41) is 11.4. The number of hydrogen-bond donors (Lipinski definition) is 1. The quantitative estimate of drug-likeness (QED) is 0.185. The fourth-order valence-corrected chi connectivity index (χ4v) is 8.69. The van der Waals surface area contributed by atoms with Crippen molar-refractivity contribution in [3.63, 3.8) is 0 Å². The third-order valence-electron chi connectivity index (χ3n) is 9.23. The topological polar surface area (TPSA) is 95.0 Å². The number of fused-ring (bicyclic) bond motifs is 4. The Labute approximate surface area is 261 Å². The lowest BCUT2D eigenvalue weighted by Gasteiger charge is -2.50. The first-order valence-electron chi connectivity index (χ1n) is 13.6. The van der Waals surface area contributed by atoms with Crippen molar-refractivity contribution < 1.29 is 24.3 Å². The van der Waals surface area contributed by atoms with Crippen LogP contribution in [0.4, 0.5) is 5.69 Å². The molecule has 216 valence electrons. The van der Waals surface area contributed by atoms with Crippen LogP contribution in [-0.2, 0) is 25.6 Å². The average molecular weight is 670 g/mol. The van der Waals surface area contributed by atoms with Gasteiger partial charge in [-0.2, -0.15) is 0 Å². The molecule has 0 bridgehead atoms. The van der Waals surface area contributed by atoms with E-state index in [0.717, 1.165) is 10.5 Å². The number of phenolic OH excluding ortho intramolecular Hbond substituents is 1. The van der Waals surface area contributed by atoms with Gasteiger partial charge in [-0.1, -0.05) is 76.6 Å². The van der Waals surface area contributed by atoms with Crippen molar-refractivity contribution in [3.8, 4) is 5.75 Å². The number of allylic oxidation sites excluding steroid dienone is 3. The minimum atomic E-state index is -1.98. The first-order valence-corrected chi connectivity index (χ1v) is 15.4. The van der Waals surface area contributed by atoms with Gasteiger partial charge in [0.25, 0.3) is 11.8 Å². The van der Waals surface area contributed by atoms with Crippen LogP contribution in [0.25, 0.3) is 6.08 Å². The summed E-state index contributed by atoms with van der Waals surface area (Å²) in [4.78, 5) is 53.8. The Morgan fingerprint density at radius 3 is 2.36 bits per heavy atom. The minimum Gasteiger partial charge on any atom is -0.507 e. The number of phenols is 1. The first-order chi connectivity index (χ1) is 20.0. The number of alkyl halides is 3. The molecule has 2 saturated heterocycles. The van der Waals surface area contributed by atoms with E-state index in [0.29, 0.717) is 28.8 Å². The van der Waals surface area contributed by atoms with Crippen molar-refractivity contribution >= 4 is 74.5 Å². The molecule has 10 heteroatoms. The van der Waals surface area contributed by atoms with E-state index >= 15 is 0 Å². The average Bonchev–Trinajstić information content (AvgIpc) is 3.32.